The first-order valence-electron chi connectivity index (χ1n) is 3.43. The Kier molecular flexibility index (Phi) is 3.15. The van der Waals surface area contributed by atoms with E-state index in [4.69, 9.17) is 20.3 Å². The quantitative estimate of drug-likeness (QED) is 0.475. The fraction of sp³-hybridized carbons (Fsp3) is 1.00. The highest BCUT2D eigenvalue weighted by molar-refractivity contribution is 7.81. The van der Waals surface area contributed by atoms with Gasteiger partial charge in [-0.25, -0.2) is 0 Å². The van der Waals surface area contributed by atoms with E-state index in [1.165, 1.54) is 7.11 Å². The van der Waals surface area contributed by atoms with Gasteiger partial charge in [0.15, 0.2) is 6.29 Å². The average molecular weight is 179 g/mol. The molecule has 0 spiro atoms. The molecule has 1 aliphatic heterocycles. The smallest absolute Gasteiger partial charge is 0.173 e. The number of nitrogens with two attached hydrogens (primary N) is 1. The lowest BCUT2D eigenvalue weighted by Gasteiger charge is -2.12. The first-order valence-corrected chi connectivity index (χ1v) is 3.95. The van der Waals surface area contributed by atoms with Gasteiger partial charge >= 0.3 is 0 Å². The Labute approximate surface area is 71.1 Å². The molecule has 1 saturated heterocycles. The summed E-state index contributed by atoms with van der Waals surface area (Å²) >= 11 is 4.19. The number of rotatable bonds is 2. The Hall–Kier alpha value is 0.190. The fourth-order valence-electron chi connectivity index (χ4n) is 1.12. The van der Waals surface area contributed by atoms with Gasteiger partial charge in [-0.15, -0.1) is 0 Å². The SMILES string of the molecule is CO[C@H]1O[C@H](CO)[C@@H](S)[C@@H]1N. The molecule has 0 aromatic carbocycles. The minimum Gasteiger partial charge on any atom is -0.394 e. The highest BCUT2D eigenvalue weighted by Gasteiger charge is 2.40. The van der Waals surface area contributed by atoms with Crippen molar-refractivity contribution in [1.82, 2.24) is 0 Å². The van der Waals surface area contributed by atoms with Gasteiger partial charge in [0.2, 0.25) is 0 Å². The van der Waals surface area contributed by atoms with Crippen molar-refractivity contribution in [2.45, 2.75) is 23.7 Å². The van der Waals surface area contributed by atoms with Crippen LogP contribution in [0.3, 0.4) is 0 Å². The van der Waals surface area contributed by atoms with Gasteiger partial charge < -0.3 is 20.3 Å². The third-order valence-electron chi connectivity index (χ3n) is 1.81. The molecule has 5 heteroatoms. The van der Waals surface area contributed by atoms with E-state index in [2.05, 4.69) is 12.6 Å². The zero-order valence-corrected chi connectivity index (χ0v) is 7.20. The van der Waals surface area contributed by atoms with E-state index in [1.54, 1.807) is 0 Å². The van der Waals surface area contributed by atoms with Crippen molar-refractivity contribution in [3.63, 3.8) is 0 Å². The van der Waals surface area contributed by atoms with E-state index in [0.717, 1.165) is 0 Å². The van der Waals surface area contributed by atoms with Gasteiger partial charge in [0.05, 0.1) is 24.0 Å². The second-order valence-corrected chi connectivity index (χ2v) is 3.13. The maximum atomic E-state index is 8.78. The number of thiol groups is 1. The van der Waals surface area contributed by atoms with Crippen molar-refractivity contribution >= 4 is 12.6 Å². The monoisotopic (exact) mass is 179 g/mol. The maximum absolute atomic E-state index is 8.78. The number of methoxy groups -OCH3 is 1. The van der Waals surface area contributed by atoms with Crippen molar-refractivity contribution in [1.29, 1.82) is 0 Å². The first kappa shape index (κ1) is 9.28. The van der Waals surface area contributed by atoms with E-state index in [9.17, 15) is 0 Å². The predicted molar refractivity (Wildman–Crippen MR) is 43.5 cm³/mol. The van der Waals surface area contributed by atoms with Crippen LogP contribution in [0.1, 0.15) is 0 Å². The highest BCUT2D eigenvalue weighted by atomic mass is 32.1. The average Bonchev–Trinajstić information content (AvgIpc) is 2.30. The molecule has 0 unspecified atom stereocenters. The molecule has 0 aliphatic carbocycles. The topological polar surface area (TPSA) is 64.7 Å². The second-order valence-electron chi connectivity index (χ2n) is 2.53. The summed E-state index contributed by atoms with van der Waals surface area (Å²) in [5, 5.41) is 8.63. The van der Waals surface area contributed by atoms with Crippen molar-refractivity contribution in [3.05, 3.63) is 0 Å². The number of hydrogen-bond acceptors (Lipinski definition) is 5. The van der Waals surface area contributed by atoms with Crippen LogP contribution in [0.2, 0.25) is 0 Å². The summed E-state index contributed by atoms with van der Waals surface area (Å²) in [7, 11) is 1.52. The lowest BCUT2D eigenvalue weighted by molar-refractivity contribution is -0.127. The molecular formula is C6H13NO3S. The van der Waals surface area contributed by atoms with Crippen LogP contribution in [0.15, 0.2) is 0 Å². The van der Waals surface area contributed by atoms with Crippen molar-refractivity contribution in [3.8, 4) is 0 Å². The molecule has 4 nitrogen and oxygen atoms in total. The van der Waals surface area contributed by atoms with E-state index in [0.29, 0.717) is 0 Å². The first-order chi connectivity index (χ1) is 5.20. The molecule has 0 radical (unpaired) electrons. The maximum Gasteiger partial charge on any atom is 0.173 e. The van der Waals surface area contributed by atoms with Gasteiger partial charge in [-0.3, -0.25) is 0 Å². The molecule has 1 rings (SSSR count). The molecule has 1 aliphatic rings. The van der Waals surface area contributed by atoms with E-state index in [-0.39, 0.29) is 24.0 Å². The minimum absolute atomic E-state index is 0.0677. The Morgan fingerprint density at radius 2 is 2.36 bits per heavy atom. The Morgan fingerprint density at radius 3 is 2.64 bits per heavy atom. The number of aliphatic hydroxyl groups excluding tert-OH is 1. The summed E-state index contributed by atoms with van der Waals surface area (Å²) in [6.45, 7) is -0.0677. The van der Waals surface area contributed by atoms with E-state index in [1.807, 2.05) is 0 Å². The van der Waals surface area contributed by atoms with Gasteiger partial charge in [-0.1, -0.05) is 0 Å². The van der Waals surface area contributed by atoms with Crippen LogP contribution in [0.5, 0.6) is 0 Å². The largest absolute Gasteiger partial charge is 0.394 e. The Bertz CT molecular complexity index is 117. The molecule has 0 aromatic rings. The van der Waals surface area contributed by atoms with Gasteiger partial charge in [0.25, 0.3) is 0 Å². The third-order valence-corrected chi connectivity index (χ3v) is 2.49. The molecule has 1 fully saturated rings. The zero-order valence-electron chi connectivity index (χ0n) is 6.30. The molecule has 0 aromatic heterocycles. The van der Waals surface area contributed by atoms with Crippen LogP contribution in [0.4, 0.5) is 0 Å². The molecule has 0 amide bonds. The van der Waals surface area contributed by atoms with Gasteiger partial charge in [0.1, 0.15) is 0 Å². The number of hydrogen-bond donors (Lipinski definition) is 3. The molecule has 11 heavy (non-hydrogen) atoms. The lowest BCUT2D eigenvalue weighted by Crippen LogP contribution is -2.38. The van der Waals surface area contributed by atoms with E-state index >= 15 is 0 Å². The second kappa shape index (κ2) is 3.73. The molecule has 3 N–H and O–H groups in total. The summed E-state index contributed by atoms with van der Waals surface area (Å²) in [5.41, 5.74) is 5.66. The van der Waals surface area contributed by atoms with Crippen molar-refractivity contribution < 1.29 is 14.6 Å². The molecule has 0 saturated carbocycles. The Morgan fingerprint density at radius 1 is 1.73 bits per heavy atom. The van der Waals surface area contributed by atoms with Crippen LogP contribution in [-0.4, -0.2) is 42.5 Å². The number of aliphatic hydroxyl groups is 1. The predicted octanol–water partition coefficient (Wildman–Crippen LogP) is -1.02. The van der Waals surface area contributed by atoms with Crippen molar-refractivity contribution in [2.75, 3.05) is 13.7 Å². The summed E-state index contributed by atoms with van der Waals surface area (Å²) in [6.07, 6.45) is -0.743. The molecular weight excluding hydrogens is 166 g/mol. The van der Waals surface area contributed by atoms with Crippen LogP contribution in [-0.2, 0) is 9.47 Å². The highest BCUT2D eigenvalue weighted by Crippen LogP contribution is 2.23. The van der Waals surface area contributed by atoms with Crippen molar-refractivity contribution in [2.24, 2.45) is 5.73 Å². The molecule has 4 atom stereocenters. The summed E-state index contributed by atoms with van der Waals surface area (Å²) in [4.78, 5) is 0. The van der Waals surface area contributed by atoms with Gasteiger partial charge in [0, 0.05) is 7.11 Å². The third kappa shape index (κ3) is 1.68. The lowest BCUT2D eigenvalue weighted by atomic mass is 10.2. The zero-order chi connectivity index (χ0) is 8.43. The van der Waals surface area contributed by atoms with Crippen LogP contribution in [0, 0.1) is 0 Å². The summed E-state index contributed by atoms with van der Waals surface area (Å²) in [5.74, 6) is 0. The minimum atomic E-state index is -0.436. The van der Waals surface area contributed by atoms with Gasteiger partial charge in [-0.05, 0) is 0 Å². The molecule has 66 valence electrons. The molecule has 0 bridgehead atoms. The van der Waals surface area contributed by atoms with Crippen LogP contribution in [0.25, 0.3) is 0 Å². The Balaban J connectivity index is 2.53. The normalized spacial score (nSPS) is 44.7. The molecule has 1 heterocycles. The fourth-order valence-corrected chi connectivity index (χ4v) is 1.42. The van der Waals surface area contributed by atoms with Crippen LogP contribution < -0.4 is 5.73 Å². The van der Waals surface area contributed by atoms with E-state index < -0.39 is 6.29 Å². The van der Waals surface area contributed by atoms with Crippen LogP contribution >= 0.6 is 12.6 Å². The summed E-state index contributed by atoms with van der Waals surface area (Å²) < 4.78 is 10.1. The summed E-state index contributed by atoms with van der Waals surface area (Å²) in [6, 6.07) is -0.263. The number of ether oxygens (including phenoxy) is 2. The van der Waals surface area contributed by atoms with Gasteiger partial charge in [-0.2, -0.15) is 12.6 Å². The standard InChI is InChI=1S/C6H13NO3S/c1-9-6-4(7)5(11)3(2-8)10-6/h3-6,8,11H,2,7H2,1H3/t3-,4+,5-,6+/m1/s1.